The second kappa shape index (κ2) is 2.67. The summed E-state index contributed by atoms with van der Waals surface area (Å²) in [6, 6.07) is 0. The van der Waals surface area contributed by atoms with Crippen LogP contribution in [0.15, 0.2) is 0 Å². The Morgan fingerprint density at radius 3 is 2.20 bits per heavy atom. The first-order valence-electron chi connectivity index (χ1n) is 1.49. The molecule has 0 aromatic rings. The first-order chi connectivity index (χ1) is 2.27. The monoisotopic (exact) mass is 137 g/mol. The Hall–Kier alpha value is 0.440. The maximum absolute atomic E-state index is 9.58. The Balaban J connectivity index is 2.54. The van der Waals surface area contributed by atoms with E-state index in [1.807, 2.05) is 6.92 Å². The van der Waals surface area contributed by atoms with Gasteiger partial charge in [-0.05, 0) is 0 Å². The van der Waals surface area contributed by atoms with Crippen molar-refractivity contribution in [3.8, 4) is 0 Å². The highest BCUT2D eigenvalue weighted by molar-refractivity contribution is 9.09. The molecule has 1 radical (unpaired) electrons. The summed E-state index contributed by atoms with van der Waals surface area (Å²) in [5.74, 6) is 0. The van der Waals surface area contributed by atoms with Crippen LogP contribution in [0.1, 0.15) is 6.92 Å². The Labute approximate surface area is 40.1 Å². The van der Waals surface area contributed by atoms with Gasteiger partial charge in [0, 0.05) is 4.83 Å². The van der Waals surface area contributed by atoms with Crippen molar-refractivity contribution in [2.45, 2.75) is 11.8 Å². The lowest BCUT2D eigenvalue weighted by Crippen LogP contribution is -1.92. The van der Waals surface area contributed by atoms with Crippen LogP contribution in [0, 0.1) is 0 Å². The quantitative estimate of drug-likeness (QED) is 0.485. The van der Waals surface area contributed by atoms with E-state index in [4.69, 9.17) is 0 Å². The van der Waals surface area contributed by atoms with Crippen LogP contribution in [-0.4, -0.2) is 11.4 Å². The molecule has 5 heavy (non-hydrogen) atoms. The van der Waals surface area contributed by atoms with E-state index in [2.05, 4.69) is 15.9 Å². The molecule has 0 aliphatic carbocycles. The molecular weight excluding hydrogens is 132 g/mol. The van der Waals surface area contributed by atoms with Crippen LogP contribution in [0.5, 0.6) is 0 Å². The highest BCUT2D eigenvalue weighted by Gasteiger charge is 1.86. The largest absolute Gasteiger partial charge is 0.236 e. The van der Waals surface area contributed by atoms with Gasteiger partial charge in [0.15, 0.2) is 0 Å². The van der Waals surface area contributed by atoms with Crippen molar-refractivity contribution in [1.82, 2.24) is 0 Å². The molecule has 0 aliphatic heterocycles. The van der Waals surface area contributed by atoms with E-state index in [1.54, 1.807) is 0 Å². The lowest BCUT2D eigenvalue weighted by Gasteiger charge is -1.84. The predicted molar refractivity (Wildman–Crippen MR) is 23.9 cm³/mol. The van der Waals surface area contributed by atoms with Crippen molar-refractivity contribution in [3.63, 3.8) is 0 Å². The summed E-state index contributed by atoms with van der Waals surface area (Å²) in [6.07, 6.45) is 0. The van der Waals surface area contributed by atoms with Gasteiger partial charge >= 0.3 is 0 Å². The summed E-state index contributed by atoms with van der Waals surface area (Å²) < 4.78 is 0. The summed E-state index contributed by atoms with van der Waals surface area (Å²) >= 11 is 3.06. The standard InChI is InChI=1S/C3H6BrO/c1-3(4)2-5/h3H,2H2,1H3. The molecule has 1 atom stereocenters. The van der Waals surface area contributed by atoms with Crippen molar-refractivity contribution < 1.29 is 5.11 Å². The molecule has 1 nitrogen and oxygen atoms in total. The van der Waals surface area contributed by atoms with Crippen molar-refractivity contribution in [3.05, 3.63) is 0 Å². The Kier molecular flexibility index (Phi) is 2.90. The highest BCUT2D eigenvalue weighted by Crippen LogP contribution is 1.91. The van der Waals surface area contributed by atoms with Gasteiger partial charge in [-0.2, -0.15) is 0 Å². The fourth-order valence-electron chi connectivity index (χ4n) is 0. The second-order valence-electron chi connectivity index (χ2n) is 0.947. The van der Waals surface area contributed by atoms with Gasteiger partial charge in [-0.3, -0.25) is 0 Å². The summed E-state index contributed by atoms with van der Waals surface area (Å²) in [6.45, 7) is 1.80. The van der Waals surface area contributed by atoms with E-state index in [0.717, 1.165) is 0 Å². The van der Waals surface area contributed by atoms with Crippen LogP contribution in [0.3, 0.4) is 0 Å². The van der Waals surface area contributed by atoms with Gasteiger partial charge in [0.05, 0.1) is 6.61 Å². The first-order valence-corrected chi connectivity index (χ1v) is 2.41. The zero-order valence-corrected chi connectivity index (χ0v) is 4.66. The van der Waals surface area contributed by atoms with Crippen LogP contribution in [0.2, 0.25) is 0 Å². The van der Waals surface area contributed by atoms with Gasteiger partial charge in [-0.15, -0.1) is 0 Å². The smallest absolute Gasteiger partial charge is 0.0944 e. The molecule has 2 heteroatoms. The minimum atomic E-state index is -0.0278. The van der Waals surface area contributed by atoms with Crippen molar-refractivity contribution in [1.29, 1.82) is 0 Å². The van der Waals surface area contributed by atoms with Crippen molar-refractivity contribution in [2.24, 2.45) is 0 Å². The van der Waals surface area contributed by atoms with Crippen LogP contribution in [-0.2, 0) is 5.11 Å². The number of rotatable bonds is 1. The van der Waals surface area contributed by atoms with Gasteiger partial charge < -0.3 is 0 Å². The van der Waals surface area contributed by atoms with Crippen LogP contribution in [0.4, 0.5) is 0 Å². The highest BCUT2D eigenvalue weighted by atomic mass is 79.9. The second-order valence-corrected chi connectivity index (χ2v) is 2.51. The molecule has 0 aliphatic rings. The van der Waals surface area contributed by atoms with E-state index in [1.165, 1.54) is 0 Å². The maximum Gasteiger partial charge on any atom is 0.0944 e. The predicted octanol–water partition coefficient (Wildman–Crippen LogP) is 1.20. The van der Waals surface area contributed by atoms with E-state index < -0.39 is 0 Å². The fourth-order valence-corrected chi connectivity index (χ4v) is 0. The van der Waals surface area contributed by atoms with Crippen LogP contribution in [0.25, 0.3) is 0 Å². The maximum atomic E-state index is 9.58. The average Bonchev–Trinajstić information content (AvgIpc) is 1.38. The number of alkyl halides is 1. The molecule has 31 valence electrons. The average molecular weight is 138 g/mol. The molecule has 0 heterocycles. The van der Waals surface area contributed by atoms with E-state index in [0.29, 0.717) is 0 Å². The third kappa shape index (κ3) is 4.44. The molecule has 0 aromatic heterocycles. The number of halogens is 1. The van der Waals surface area contributed by atoms with Crippen LogP contribution < -0.4 is 0 Å². The molecule has 0 saturated heterocycles. The summed E-state index contributed by atoms with van der Waals surface area (Å²) in [5.41, 5.74) is 0. The van der Waals surface area contributed by atoms with E-state index in [9.17, 15) is 5.11 Å². The molecule has 0 amide bonds. The minimum Gasteiger partial charge on any atom is -0.236 e. The molecule has 0 fully saturated rings. The fraction of sp³-hybridized carbons (Fsp3) is 1.00. The molecule has 0 rings (SSSR count). The first kappa shape index (κ1) is 5.44. The lowest BCUT2D eigenvalue weighted by molar-refractivity contribution is 0.199. The Bertz CT molecular complexity index is 20.9. The van der Waals surface area contributed by atoms with Gasteiger partial charge in [0.2, 0.25) is 0 Å². The third-order valence-electron chi connectivity index (χ3n) is 0.230. The number of hydrogen-bond donors (Lipinski definition) is 0. The van der Waals surface area contributed by atoms with Gasteiger partial charge in [0.25, 0.3) is 0 Å². The number of hydrogen-bond acceptors (Lipinski definition) is 0. The minimum absolute atomic E-state index is 0.0278. The van der Waals surface area contributed by atoms with E-state index >= 15 is 0 Å². The summed E-state index contributed by atoms with van der Waals surface area (Å²) in [7, 11) is 0. The van der Waals surface area contributed by atoms with Gasteiger partial charge in [-0.25, -0.2) is 5.11 Å². The summed E-state index contributed by atoms with van der Waals surface area (Å²) in [5, 5.41) is 9.58. The molecule has 0 saturated carbocycles. The molecule has 0 N–H and O–H groups in total. The van der Waals surface area contributed by atoms with Gasteiger partial charge in [-0.1, -0.05) is 22.9 Å². The Morgan fingerprint density at radius 1 is 2.00 bits per heavy atom. The SMILES string of the molecule is CC(Br)C[O]. The normalized spacial score (nSPS) is 15.0. The zero-order chi connectivity index (χ0) is 4.28. The van der Waals surface area contributed by atoms with Crippen LogP contribution >= 0.6 is 15.9 Å². The van der Waals surface area contributed by atoms with Gasteiger partial charge in [0.1, 0.15) is 0 Å². The van der Waals surface area contributed by atoms with E-state index in [-0.39, 0.29) is 11.4 Å². The topological polar surface area (TPSA) is 19.9 Å². The van der Waals surface area contributed by atoms with Crippen molar-refractivity contribution in [2.75, 3.05) is 6.61 Å². The molecule has 0 bridgehead atoms. The summed E-state index contributed by atoms with van der Waals surface area (Å²) in [4.78, 5) is 0.141. The molecule has 0 spiro atoms. The molecular formula is C3H6BrO. The molecule has 0 aromatic carbocycles. The van der Waals surface area contributed by atoms with Crippen molar-refractivity contribution >= 4 is 15.9 Å². The lowest BCUT2D eigenvalue weighted by atomic mass is 10.5. The Morgan fingerprint density at radius 2 is 2.20 bits per heavy atom. The molecule has 1 unspecified atom stereocenters. The third-order valence-corrected chi connectivity index (χ3v) is 0.494. The zero-order valence-electron chi connectivity index (χ0n) is 3.07.